The highest BCUT2D eigenvalue weighted by molar-refractivity contribution is 7.91. The standard InChI is InChI=1S/C29H28ClN3O3S/c1-2-31-17-8-18-36-26-15-7-14-25-28(26)33(20-21-9-5-12-23(30)19-21)32-29(25)37(34,35)27-16-6-11-22-10-3-4-13-24(22)27/h3-7,9-16,19,31H,2,8,17-18,20H2,1H3. The van der Waals surface area contributed by atoms with Gasteiger partial charge in [0.15, 0.2) is 5.03 Å². The average molecular weight is 534 g/mol. The van der Waals surface area contributed by atoms with E-state index in [0.717, 1.165) is 30.5 Å². The minimum absolute atomic E-state index is 0.0129. The molecule has 0 aliphatic heterocycles. The van der Waals surface area contributed by atoms with Crippen LogP contribution in [0.1, 0.15) is 18.9 Å². The van der Waals surface area contributed by atoms with Crippen LogP contribution >= 0.6 is 11.6 Å². The molecule has 6 nitrogen and oxygen atoms in total. The third-order valence-electron chi connectivity index (χ3n) is 6.22. The molecule has 1 aromatic heterocycles. The van der Waals surface area contributed by atoms with Crippen molar-refractivity contribution in [3.8, 4) is 5.75 Å². The third kappa shape index (κ3) is 5.21. The van der Waals surface area contributed by atoms with Crippen molar-refractivity contribution in [3.63, 3.8) is 0 Å². The zero-order valence-electron chi connectivity index (χ0n) is 20.5. The van der Waals surface area contributed by atoms with Crippen molar-refractivity contribution < 1.29 is 13.2 Å². The molecule has 0 fully saturated rings. The van der Waals surface area contributed by atoms with Crippen LogP contribution in [-0.4, -0.2) is 37.9 Å². The summed E-state index contributed by atoms with van der Waals surface area (Å²) in [4.78, 5) is 0.233. The molecule has 0 aliphatic carbocycles. The summed E-state index contributed by atoms with van der Waals surface area (Å²) in [6, 6.07) is 25.7. The van der Waals surface area contributed by atoms with Crippen molar-refractivity contribution in [3.05, 3.63) is 95.5 Å². The molecule has 0 amide bonds. The zero-order chi connectivity index (χ0) is 25.8. The number of nitrogens with zero attached hydrogens (tertiary/aromatic N) is 2. The van der Waals surface area contributed by atoms with Crippen molar-refractivity contribution in [1.82, 2.24) is 15.1 Å². The number of para-hydroxylation sites is 1. The SMILES string of the molecule is CCNCCCOc1cccc2c(S(=O)(=O)c3cccc4ccccc34)nn(Cc3cccc(Cl)c3)c12. The molecule has 4 aromatic carbocycles. The summed E-state index contributed by atoms with van der Waals surface area (Å²) in [5.41, 5.74) is 1.55. The molecule has 1 heterocycles. The van der Waals surface area contributed by atoms with E-state index in [0.29, 0.717) is 40.2 Å². The monoisotopic (exact) mass is 533 g/mol. The van der Waals surface area contributed by atoms with Crippen molar-refractivity contribution in [2.75, 3.05) is 19.7 Å². The van der Waals surface area contributed by atoms with Gasteiger partial charge in [-0.3, -0.25) is 4.68 Å². The maximum Gasteiger partial charge on any atom is 0.226 e. The van der Waals surface area contributed by atoms with Crippen LogP contribution in [0.2, 0.25) is 5.02 Å². The highest BCUT2D eigenvalue weighted by Crippen LogP contribution is 2.35. The number of halogens is 1. The van der Waals surface area contributed by atoms with Gasteiger partial charge in [0, 0.05) is 15.8 Å². The largest absolute Gasteiger partial charge is 0.491 e. The fraction of sp³-hybridized carbons (Fsp3) is 0.207. The van der Waals surface area contributed by atoms with Crippen LogP contribution in [0.25, 0.3) is 21.7 Å². The number of rotatable bonds is 10. The van der Waals surface area contributed by atoms with Gasteiger partial charge in [-0.1, -0.05) is 73.1 Å². The molecule has 0 radical (unpaired) electrons. The Morgan fingerprint density at radius 1 is 0.946 bits per heavy atom. The summed E-state index contributed by atoms with van der Waals surface area (Å²) in [7, 11) is -3.94. The van der Waals surface area contributed by atoms with Crippen molar-refractivity contribution in [2.24, 2.45) is 0 Å². The predicted molar refractivity (Wildman–Crippen MR) is 148 cm³/mol. The lowest BCUT2D eigenvalue weighted by molar-refractivity contribution is 0.310. The summed E-state index contributed by atoms with van der Waals surface area (Å²) >= 11 is 6.23. The summed E-state index contributed by atoms with van der Waals surface area (Å²) in [6.07, 6.45) is 0.827. The molecular weight excluding hydrogens is 506 g/mol. The maximum absolute atomic E-state index is 14.1. The van der Waals surface area contributed by atoms with E-state index < -0.39 is 9.84 Å². The molecule has 0 aliphatic rings. The summed E-state index contributed by atoms with van der Waals surface area (Å²) in [6.45, 7) is 4.65. The van der Waals surface area contributed by atoms with Crippen molar-refractivity contribution in [1.29, 1.82) is 0 Å². The minimum atomic E-state index is -3.94. The number of hydrogen-bond donors (Lipinski definition) is 1. The Morgan fingerprint density at radius 3 is 2.54 bits per heavy atom. The van der Waals surface area contributed by atoms with Gasteiger partial charge in [-0.2, -0.15) is 5.10 Å². The second kappa shape index (κ2) is 10.9. The summed E-state index contributed by atoms with van der Waals surface area (Å²) in [5, 5.41) is 10.6. The van der Waals surface area contributed by atoms with Gasteiger partial charge >= 0.3 is 0 Å². The number of aromatic nitrogens is 2. The Hall–Kier alpha value is -3.39. The molecule has 5 aromatic rings. The Kier molecular flexibility index (Phi) is 7.46. The first-order chi connectivity index (χ1) is 18.0. The highest BCUT2D eigenvalue weighted by atomic mass is 35.5. The maximum atomic E-state index is 14.1. The lowest BCUT2D eigenvalue weighted by atomic mass is 10.1. The normalized spacial score (nSPS) is 11.8. The Labute approximate surface area is 221 Å². The number of fused-ring (bicyclic) bond motifs is 2. The molecule has 190 valence electrons. The van der Waals surface area contributed by atoms with Crippen molar-refractivity contribution in [2.45, 2.75) is 29.8 Å². The van der Waals surface area contributed by atoms with Gasteiger partial charge in [0.2, 0.25) is 9.84 Å². The van der Waals surface area contributed by atoms with Crippen LogP contribution in [0.5, 0.6) is 5.75 Å². The second-order valence-electron chi connectivity index (χ2n) is 8.78. The Balaban J connectivity index is 1.64. The Morgan fingerprint density at radius 2 is 1.70 bits per heavy atom. The van der Waals surface area contributed by atoms with E-state index in [1.165, 1.54) is 0 Å². The molecule has 0 atom stereocenters. The molecule has 37 heavy (non-hydrogen) atoms. The number of sulfone groups is 1. The van der Waals surface area contributed by atoms with E-state index in [1.807, 2.05) is 66.7 Å². The van der Waals surface area contributed by atoms with Crippen LogP contribution in [0.15, 0.2) is 94.9 Å². The fourth-order valence-electron chi connectivity index (χ4n) is 4.50. The zero-order valence-corrected chi connectivity index (χ0v) is 22.1. The number of nitrogens with one attached hydrogen (secondary N) is 1. The number of ether oxygens (including phenoxy) is 1. The first-order valence-electron chi connectivity index (χ1n) is 12.3. The number of benzene rings is 4. The van der Waals surface area contributed by atoms with Crippen LogP contribution in [0, 0.1) is 0 Å². The molecular formula is C29H28ClN3O3S. The molecule has 8 heteroatoms. The lowest BCUT2D eigenvalue weighted by Gasteiger charge is -2.11. The van der Waals surface area contributed by atoms with Crippen LogP contribution < -0.4 is 10.1 Å². The van der Waals surface area contributed by atoms with Crippen LogP contribution in [0.4, 0.5) is 0 Å². The Bertz CT molecular complexity index is 1660. The van der Waals surface area contributed by atoms with Crippen LogP contribution in [-0.2, 0) is 16.4 Å². The van der Waals surface area contributed by atoms with Gasteiger partial charge in [-0.25, -0.2) is 8.42 Å². The fourth-order valence-corrected chi connectivity index (χ4v) is 6.32. The first-order valence-corrected chi connectivity index (χ1v) is 14.2. The van der Waals surface area contributed by atoms with Gasteiger partial charge in [0.25, 0.3) is 0 Å². The van der Waals surface area contributed by atoms with E-state index >= 15 is 0 Å². The third-order valence-corrected chi connectivity index (χ3v) is 8.20. The minimum Gasteiger partial charge on any atom is -0.491 e. The molecule has 0 unspecified atom stereocenters. The van der Waals surface area contributed by atoms with Gasteiger partial charge in [-0.15, -0.1) is 0 Å². The van der Waals surface area contributed by atoms with Crippen LogP contribution in [0.3, 0.4) is 0 Å². The van der Waals surface area contributed by atoms with Gasteiger partial charge < -0.3 is 10.1 Å². The molecule has 0 saturated carbocycles. The first kappa shape index (κ1) is 25.3. The van der Waals surface area contributed by atoms with Gasteiger partial charge in [0.1, 0.15) is 11.3 Å². The van der Waals surface area contributed by atoms with E-state index in [-0.39, 0.29) is 9.92 Å². The summed E-state index contributed by atoms with van der Waals surface area (Å²) in [5.74, 6) is 0.600. The van der Waals surface area contributed by atoms with E-state index in [9.17, 15) is 8.42 Å². The quantitative estimate of drug-likeness (QED) is 0.219. The van der Waals surface area contributed by atoms with E-state index in [2.05, 4.69) is 17.3 Å². The molecule has 1 N–H and O–H groups in total. The summed E-state index contributed by atoms with van der Waals surface area (Å²) < 4.78 is 36.0. The molecule has 0 bridgehead atoms. The van der Waals surface area contributed by atoms with E-state index in [1.54, 1.807) is 22.9 Å². The average Bonchev–Trinajstić information content (AvgIpc) is 3.28. The second-order valence-corrected chi connectivity index (χ2v) is 11.1. The molecule has 5 rings (SSSR count). The number of hydrogen-bond acceptors (Lipinski definition) is 5. The topological polar surface area (TPSA) is 73.2 Å². The smallest absolute Gasteiger partial charge is 0.226 e. The predicted octanol–water partition coefficient (Wildman–Crippen LogP) is 6.10. The molecule has 0 spiro atoms. The van der Waals surface area contributed by atoms with Crippen molar-refractivity contribution >= 4 is 43.1 Å². The lowest BCUT2D eigenvalue weighted by Crippen LogP contribution is -2.16. The molecule has 0 saturated heterocycles. The van der Waals surface area contributed by atoms with Gasteiger partial charge in [-0.05, 0) is 60.8 Å². The van der Waals surface area contributed by atoms with Gasteiger partial charge in [0.05, 0.1) is 18.0 Å². The van der Waals surface area contributed by atoms with E-state index in [4.69, 9.17) is 16.3 Å². The highest BCUT2D eigenvalue weighted by Gasteiger charge is 2.28.